The minimum Gasteiger partial charge on any atom is -0.355 e. The zero-order valence-electron chi connectivity index (χ0n) is 19.0. The Bertz CT molecular complexity index is 984. The minimum absolute atomic E-state index is 0.133. The Morgan fingerprint density at radius 2 is 2.18 bits per heavy atom. The molecule has 1 heterocycles. The molecule has 0 radical (unpaired) electrons. The maximum Gasteiger partial charge on any atom is 0.230 e. The quantitative estimate of drug-likeness (QED) is 0.144. The predicted octanol–water partition coefficient (Wildman–Crippen LogP) is 4.74. The van der Waals surface area contributed by atoms with E-state index in [9.17, 15) is 9.59 Å². The first-order valence-corrected chi connectivity index (χ1v) is 11.7. The molecule has 2 aliphatic rings. The summed E-state index contributed by atoms with van der Waals surface area (Å²) < 4.78 is 0. The topological polar surface area (TPSA) is 82.6 Å². The van der Waals surface area contributed by atoms with Crippen molar-refractivity contribution < 1.29 is 9.59 Å². The van der Waals surface area contributed by atoms with E-state index in [1.807, 2.05) is 26.0 Å². The second-order valence-corrected chi connectivity index (χ2v) is 8.42. The van der Waals surface area contributed by atoms with E-state index in [0.29, 0.717) is 29.0 Å². The zero-order chi connectivity index (χ0) is 24.2. The fourth-order valence-electron chi connectivity index (χ4n) is 3.17. The van der Waals surface area contributed by atoms with Crippen LogP contribution < -0.4 is 16.1 Å². The molecule has 33 heavy (non-hydrogen) atoms. The number of carbonyl (C=O) groups excluding carboxylic acids is 2. The molecule has 0 unspecified atom stereocenters. The van der Waals surface area contributed by atoms with Crippen LogP contribution in [0, 0.1) is 5.92 Å². The van der Waals surface area contributed by atoms with Gasteiger partial charge in [-0.1, -0.05) is 60.2 Å². The molecule has 0 aromatic rings. The van der Waals surface area contributed by atoms with Gasteiger partial charge in [-0.05, 0) is 50.0 Å². The molecule has 3 N–H and O–H groups in total. The number of rotatable bonds is 9. The number of hydrogen-bond acceptors (Lipinski definition) is 4. The SMILES string of the molecule is C=C/C(Cl)=C\C(=C/C)N/N=C(\C=C(/C)C1=CC=CCC(CCCl)=C1)NC(=O)[C@@H]1CNC(=O)C1. The molecule has 0 saturated carbocycles. The van der Waals surface area contributed by atoms with Crippen molar-refractivity contribution >= 4 is 40.9 Å². The lowest BCUT2D eigenvalue weighted by Gasteiger charge is -2.12. The highest BCUT2D eigenvalue weighted by molar-refractivity contribution is 6.31. The summed E-state index contributed by atoms with van der Waals surface area (Å²) >= 11 is 12.0. The third-order valence-electron chi connectivity index (χ3n) is 5.08. The Balaban J connectivity index is 2.32. The number of hydrazone groups is 1. The summed E-state index contributed by atoms with van der Waals surface area (Å²) in [6, 6.07) is 0. The van der Waals surface area contributed by atoms with Crippen LogP contribution in [-0.4, -0.2) is 30.1 Å². The van der Waals surface area contributed by atoms with Crippen molar-refractivity contribution in [2.45, 2.75) is 33.1 Å². The number of hydrogen-bond donors (Lipinski definition) is 3. The first-order chi connectivity index (χ1) is 15.9. The molecule has 0 aromatic carbocycles. The van der Waals surface area contributed by atoms with Gasteiger partial charge in [0.1, 0.15) is 0 Å². The number of amides is 2. The average Bonchev–Trinajstić information content (AvgIpc) is 3.10. The van der Waals surface area contributed by atoms with Gasteiger partial charge in [-0.15, -0.1) is 11.6 Å². The van der Waals surface area contributed by atoms with Crippen molar-refractivity contribution in [1.29, 1.82) is 0 Å². The van der Waals surface area contributed by atoms with E-state index in [1.54, 1.807) is 18.2 Å². The number of halogens is 2. The van der Waals surface area contributed by atoms with E-state index in [0.717, 1.165) is 24.0 Å². The van der Waals surface area contributed by atoms with Crippen LogP contribution >= 0.6 is 23.2 Å². The molecule has 0 bridgehead atoms. The van der Waals surface area contributed by atoms with Crippen LogP contribution in [-0.2, 0) is 9.59 Å². The summed E-state index contributed by atoms with van der Waals surface area (Å²) in [6.07, 6.45) is 16.8. The monoisotopic (exact) mass is 488 g/mol. The molecule has 2 rings (SSSR count). The smallest absolute Gasteiger partial charge is 0.230 e. The maximum absolute atomic E-state index is 12.7. The Labute approximate surface area is 205 Å². The normalized spacial score (nSPS) is 20.0. The molecule has 1 aliphatic carbocycles. The Kier molecular flexibility index (Phi) is 10.9. The molecule has 1 aliphatic heterocycles. The molecule has 1 atom stereocenters. The summed E-state index contributed by atoms with van der Waals surface area (Å²) in [4.78, 5) is 24.3. The van der Waals surface area contributed by atoms with Crippen molar-refractivity contribution in [1.82, 2.24) is 16.1 Å². The summed E-state index contributed by atoms with van der Waals surface area (Å²) in [5, 5.41) is 10.4. The molecular weight excluding hydrogens is 459 g/mol. The fourth-order valence-corrected chi connectivity index (χ4v) is 3.54. The fraction of sp³-hybridized carbons (Fsp3) is 0.320. The van der Waals surface area contributed by atoms with E-state index >= 15 is 0 Å². The van der Waals surface area contributed by atoms with E-state index < -0.39 is 5.92 Å². The van der Waals surface area contributed by atoms with Gasteiger partial charge in [0.2, 0.25) is 11.8 Å². The maximum atomic E-state index is 12.7. The van der Waals surface area contributed by atoms with Crippen LogP contribution in [0.1, 0.15) is 33.1 Å². The van der Waals surface area contributed by atoms with Gasteiger partial charge in [-0.25, -0.2) is 0 Å². The number of carbonyl (C=O) groups is 2. The van der Waals surface area contributed by atoms with Crippen molar-refractivity contribution in [3.63, 3.8) is 0 Å². The first-order valence-electron chi connectivity index (χ1n) is 10.7. The molecule has 1 saturated heterocycles. The highest BCUT2D eigenvalue weighted by atomic mass is 35.5. The van der Waals surface area contributed by atoms with Crippen molar-refractivity contribution in [3.8, 4) is 0 Å². The van der Waals surface area contributed by atoms with E-state index in [-0.39, 0.29) is 18.2 Å². The molecule has 1 fully saturated rings. The molecule has 6 nitrogen and oxygen atoms in total. The van der Waals surface area contributed by atoms with Gasteiger partial charge in [0.05, 0.1) is 11.6 Å². The average molecular weight is 489 g/mol. The predicted molar refractivity (Wildman–Crippen MR) is 137 cm³/mol. The van der Waals surface area contributed by atoms with Crippen LogP contribution in [0.25, 0.3) is 0 Å². The number of nitrogens with zero attached hydrogens (tertiary/aromatic N) is 1. The third kappa shape index (κ3) is 8.91. The second kappa shape index (κ2) is 13.7. The lowest BCUT2D eigenvalue weighted by Crippen LogP contribution is -2.36. The van der Waals surface area contributed by atoms with Gasteiger partial charge >= 0.3 is 0 Å². The van der Waals surface area contributed by atoms with Gasteiger partial charge in [0, 0.05) is 23.9 Å². The van der Waals surface area contributed by atoms with Gasteiger partial charge in [-0.2, -0.15) is 5.10 Å². The molecule has 8 heteroatoms. The highest BCUT2D eigenvalue weighted by Crippen LogP contribution is 2.21. The lowest BCUT2D eigenvalue weighted by molar-refractivity contribution is -0.125. The highest BCUT2D eigenvalue weighted by Gasteiger charge is 2.28. The van der Waals surface area contributed by atoms with Crippen molar-refractivity contribution in [2.24, 2.45) is 11.0 Å². The van der Waals surface area contributed by atoms with Crippen LogP contribution in [0.15, 0.2) is 87.7 Å². The van der Waals surface area contributed by atoms with Gasteiger partial charge in [0.15, 0.2) is 5.84 Å². The molecular formula is C25H30Cl2N4O2. The Morgan fingerprint density at radius 3 is 2.82 bits per heavy atom. The zero-order valence-corrected chi connectivity index (χ0v) is 20.5. The minimum atomic E-state index is -0.442. The lowest BCUT2D eigenvalue weighted by atomic mass is 10.0. The first kappa shape index (κ1) is 26.4. The summed E-state index contributed by atoms with van der Waals surface area (Å²) in [6.45, 7) is 7.73. The van der Waals surface area contributed by atoms with E-state index in [4.69, 9.17) is 23.2 Å². The number of alkyl halides is 1. The second-order valence-electron chi connectivity index (χ2n) is 7.60. The van der Waals surface area contributed by atoms with Crippen molar-refractivity contribution in [3.05, 3.63) is 82.6 Å². The Morgan fingerprint density at radius 1 is 1.39 bits per heavy atom. The molecule has 2 amide bonds. The largest absolute Gasteiger partial charge is 0.355 e. The van der Waals surface area contributed by atoms with Crippen LogP contribution in [0.4, 0.5) is 0 Å². The van der Waals surface area contributed by atoms with E-state index in [2.05, 4.69) is 39.9 Å². The van der Waals surface area contributed by atoms with Gasteiger partial charge in [0.25, 0.3) is 0 Å². The van der Waals surface area contributed by atoms with Gasteiger partial charge in [-0.3, -0.25) is 15.0 Å². The standard InChI is InChI=1S/C25H30Cl2N4O2/c1-4-21(27)15-22(5-2)30-31-23(29-25(33)20-14-24(32)28-16-20)12-17(3)19-9-7-6-8-18(13-19)10-11-26/h4-7,9,12-13,15,20,30H,1,8,10-11,14,16H2,2-3H3,(H,28,32)(H,29,31,33)/b17-12+,21-15+,22-5+/t20-/m0/s1. The summed E-state index contributed by atoms with van der Waals surface area (Å²) in [5.74, 6) is 0.0337. The molecule has 0 spiro atoms. The number of allylic oxidation sites excluding steroid dienone is 11. The Hall–Kier alpha value is -2.83. The summed E-state index contributed by atoms with van der Waals surface area (Å²) in [7, 11) is 0. The van der Waals surface area contributed by atoms with Crippen LogP contribution in [0.5, 0.6) is 0 Å². The van der Waals surface area contributed by atoms with E-state index in [1.165, 1.54) is 11.6 Å². The number of nitrogens with one attached hydrogen (secondary N) is 3. The van der Waals surface area contributed by atoms with Crippen molar-refractivity contribution in [2.75, 3.05) is 12.4 Å². The van der Waals surface area contributed by atoms with Crippen LogP contribution in [0.2, 0.25) is 0 Å². The third-order valence-corrected chi connectivity index (χ3v) is 5.53. The number of amidine groups is 1. The van der Waals surface area contributed by atoms with Crippen LogP contribution in [0.3, 0.4) is 0 Å². The van der Waals surface area contributed by atoms with Gasteiger partial charge < -0.3 is 10.6 Å². The molecule has 0 aromatic heterocycles. The summed E-state index contributed by atoms with van der Waals surface area (Å²) in [5.41, 5.74) is 6.71. The molecule has 176 valence electrons.